The number of aliphatic hydroxyl groups excluding tert-OH is 1. The number of hydrogen-bond donors (Lipinski definition) is 2. The second kappa shape index (κ2) is 6.26. The molecule has 0 aliphatic carbocycles. The monoisotopic (exact) mass is 271 g/mol. The molecule has 0 aromatic heterocycles. The molecule has 0 bridgehead atoms. The van der Waals surface area contributed by atoms with Crippen LogP contribution in [0.4, 0.5) is 0 Å². The van der Waals surface area contributed by atoms with Crippen LogP contribution in [0.25, 0.3) is 0 Å². The third kappa shape index (κ3) is 4.33. The highest BCUT2D eigenvalue weighted by Crippen LogP contribution is 2.12. The van der Waals surface area contributed by atoms with Crippen LogP contribution in [0, 0.1) is 5.92 Å². The van der Waals surface area contributed by atoms with Crippen LogP contribution in [0.1, 0.15) is 19.4 Å². The zero-order chi connectivity index (χ0) is 11.3. The molecule has 0 fully saturated rings. The molecular weight excluding hydrogens is 254 g/mol. The zero-order valence-electron chi connectivity index (χ0n) is 9.20. The zero-order valence-corrected chi connectivity index (χ0v) is 10.8. The molecule has 0 saturated carbocycles. The first-order valence-corrected chi connectivity index (χ1v) is 6.01. The Morgan fingerprint density at radius 2 is 2.13 bits per heavy atom. The van der Waals surface area contributed by atoms with Gasteiger partial charge in [0.05, 0.1) is 6.61 Å². The van der Waals surface area contributed by atoms with Gasteiger partial charge in [0.1, 0.15) is 0 Å². The van der Waals surface area contributed by atoms with Gasteiger partial charge in [-0.2, -0.15) is 0 Å². The van der Waals surface area contributed by atoms with E-state index in [2.05, 4.69) is 47.2 Å². The summed E-state index contributed by atoms with van der Waals surface area (Å²) < 4.78 is 1.09. The van der Waals surface area contributed by atoms with Gasteiger partial charge in [-0.15, -0.1) is 0 Å². The Bertz CT molecular complexity index is 301. The molecule has 2 N–H and O–H groups in total. The van der Waals surface area contributed by atoms with Crippen LogP contribution in [0.5, 0.6) is 0 Å². The van der Waals surface area contributed by atoms with E-state index in [1.807, 2.05) is 12.1 Å². The maximum atomic E-state index is 9.16. The number of benzene rings is 1. The molecule has 1 unspecified atom stereocenters. The predicted octanol–water partition coefficient (Wildman–Crippen LogP) is 2.56. The average Bonchev–Trinajstić information content (AvgIpc) is 2.18. The molecule has 0 heterocycles. The molecule has 0 aliphatic rings. The van der Waals surface area contributed by atoms with Crippen molar-refractivity contribution >= 4 is 15.9 Å². The molecule has 1 aromatic rings. The van der Waals surface area contributed by atoms with Gasteiger partial charge in [0.25, 0.3) is 0 Å². The van der Waals surface area contributed by atoms with E-state index >= 15 is 0 Å². The fourth-order valence-electron chi connectivity index (χ4n) is 1.41. The molecule has 0 amide bonds. The summed E-state index contributed by atoms with van der Waals surface area (Å²) in [5.41, 5.74) is 1.23. The summed E-state index contributed by atoms with van der Waals surface area (Å²) in [6.45, 7) is 5.19. The van der Waals surface area contributed by atoms with Gasteiger partial charge in [-0.3, -0.25) is 0 Å². The van der Waals surface area contributed by atoms with Gasteiger partial charge in [-0.1, -0.05) is 41.9 Å². The number of rotatable bonds is 5. The first-order chi connectivity index (χ1) is 7.13. The van der Waals surface area contributed by atoms with Crippen LogP contribution in [-0.4, -0.2) is 17.8 Å². The minimum absolute atomic E-state index is 0.170. The van der Waals surface area contributed by atoms with E-state index in [0.717, 1.165) is 11.0 Å². The molecule has 0 aliphatic heterocycles. The van der Waals surface area contributed by atoms with Gasteiger partial charge in [0, 0.05) is 17.1 Å². The summed E-state index contributed by atoms with van der Waals surface area (Å²) in [7, 11) is 0. The Hall–Kier alpha value is -0.380. The smallest absolute Gasteiger partial charge is 0.0587 e. The van der Waals surface area contributed by atoms with Gasteiger partial charge in [0.2, 0.25) is 0 Å². The minimum Gasteiger partial charge on any atom is -0.395 e. The average molecular weight is 272 g/mol. The Balaban J connectivity index is 2.49. The Kier molecular flexibility index (Phi) is 5.29. The topological polar surface area (TPSA) is 32.3 Å². The molecule has 1 rings (SSSR count). The van der Waals surface area contributed by atoms with E-state index in [4.69, 9.17) is 5.11 Å². The number of hydrogen-bond acceptors (Lipinski definition) is 2. The van der Waals surface area contributed by atoms with E-state index in [1.54, 1.807) is 0 Å². The van der Waals surface area contributed by atoms with Crippen molar-refractivity contribution in [1.29, 1.82) is 0 Å². The van der Waals surface area contributed by atoms with Crippen molar-refractivity contribution in [2.45, 2.75) is 26.4 Å². The highest BCUT2D eigenvalue weighted by molar-refractivity contribution is 9.10. The molecule has 1 atom stereocenters. The van der Waals surface area contributed by atoms with E-state index in [9.17, 15) is 0 Å². The van der Waals surface area contributed by atoms with Gasteiger partial charge in [0.15, 0.2) is 0 Å². The van der Waals surface area contributed by atoms with Gasteiger partial charge < -0.3 is 10.4 Å². The number of aliphatic hydroxyl groups is 1. The lowest BCUT2D eigenvalue weighted by Gasteiger charge is -2.19. The van der Waals surface area contributed by atoms with Crippen molar-refractivity contribution in [3.8, 4) is 0 Å². The highest BCUT2D eigenvalue weighted by atomic mass is 79.9. The van der Waals surface area contributed by atoms with E-state index in [1.165, 1.54) is 5.56 Å². The molecular formula is C12H18BrNO. The van der Waals surface area contributed by atoms with Crippen LogP contribution >= 0.6 is 15.9 Å². The van der Waals surface area contributed by atoms with Crippen molar-refractivity contribution in [3.63, 3.8) is 0 Å². The molecule has 3 heteroatoms. The van der Waals surface area contributed by atoms with E-state index in [-0.39, 0.29) is 12.6 Å². The largest absolute Gasteiger partial charge is 0.395 e. The van der Waals surface area contributed by atoms with Crippen LogP contribution in [0.3, 0.4) is 0 Å². The SMILES string of the molecule is CC(C)C(CO)NCc1cccc(Br)c1. The third-order valence-corrected chi connectivity index (χ3v) is 2.95. The first kappa shape index (κ1) is 12.7. The summed E-state index contributed by atoms with van der Waals surface area (Å²) in [6.07, 6.45) is 0. The Morgan fingerprint density at radius 1 is 1.40 bits per heavy atom. The van der Waals surface area contributed by atoms with Crippen LogP contribution in [0.15, 0.2) is 28.7 Å². The molecule has 2 nitrogen and oxygen atoms in total. The first-order valence-electron chi connectivity index (χ1n) is 5.22. The maximum absolute atomic E-state index is 9.16. The molecule has 0 saturated heterocycles. The fourth-order valence-corrected chi connectivity index (χ4v) is 1.85. The predicted molar refractivity (Wildman–Crippen MR) is 66.7 cm³/mol. The van der Waals surface area contributed by atoms with E-state index < -0.39 is 0 Å². The van der Waals surface area contributed by atoms with Crippen molar-refractivity contribution in [1.82, 2.24) is 5.32 Å². The summed E-state index contributed by atoms with van der Waals surface area (Å²) in [5, 5.41) is 12.5. The van der Waals surface area contributed by atoms with Crippen molar-refractivity contribution in [3.05, 3.63) is 34.3 Å². The second-order valence-corrected chi connectivity index (χ2v) is 4.96. The van der Waals surface area contributed by atoms with Crippen molar-refractivity contribution < 1.29 is 5.11 Å². The second-order valence-electron chi connectivity index (χ2n) is 4.04. The lowest BCUT2D eigenvalue weighted by Crippen LogP contribution is -2.36. The molecule has 1 aromatic carbocycles. The quantitative estimate of drug-likeness (QED) is 0.863. The summed E-state index contributed by atoms with van der Waals surface area (Å²) in [5.74, 6) is 0.446. The normalized spacial score (nSPS) is 13.1. The lowest BCUT2D eigenvalue weighted by molar-refractivity contribution is 0.210. The summed E-state index contributed by atoms with van der Waals surface area (Å²) in [4.78, 5) is 0. The lowest BCUT2D eigenvalue weighted by atomic mass is 10.1. The molecule has 0 spiro atoms. The molecule has 0 radical (unpaired) electrons. The van der Waals surface area contributed by atoms with Crippen LogP contribution in [-0.2, 0) is 6.54 Å². The standard InChI is InChI=1S/C12H18BrNO/c1-9(2)12(8-15)14-7-10-4-3-5-11(13)6-10/h3-6,9,12,14-15H,7-8H2,1-2H3. The highest BCUT2D eigenvalue weighted by Gasteiger charge is 2.10. The number of halogens is 1. The Morgan fingerprint density at radius 3 is 2.67 bits per heavy atom. The molecule has 84 valence electrons. The summed E-state index contributed by atoms with van der Waals surface area (Å²) in [6, 6.07) is 8.36. The third-order valence-electron chi connectivity index (χ3n) is 2.46. The van der Waals surface area contributed by atoms with Crippen molar-refractivity contribution in [2.24, 2.45) is 5.92 Å². The van der Waals surface area contributed by atoms with Crippen LogP contribution in [0.2, 0.25) is 0 Å². The van der Waals surface area contributed by atoms with Crippen LogP contribution < -0.4 is 5.32 Å². The fraction of sp³-hybridized carbons (Fsp3) is 0.500. The summed E-state index contributed by atoms with van der Waals surface area (Å²) >= 11 is 3.44. The molecule has 15 heavy (non-hydrogen) atoms. The minimum atomic E-state index is 0.170. The van der Waals surface area contributed by atoms with Gasteiger partial charge >= 0.3 is 0 Å². The maximum Gasteiger partial charge on any atom is 0.0587 e. The Labute approximate surface area is 99.8 Å². The van der Waals surface area contributed by atoms with E-state index in [0.29, 0.717) is 5.92 Å². The van der Waals surface area contributed by atoms with Crippen molar-refractivity contribution in [2.75, 3.05) is 6.61 Å². The van der Waals surface area contributed by atoms with Gasteiger partial charge in [-0.05, 0) is 23.6 Å². The number of nitrogens with one attached hydrogen (secondary N) is 1. The van der Waals surface area contributed by atoms with Gasteiger partial charge in [-0.25, -0.2) is 0 Å².